The molecule has 1 saturated heterocycles. The van der Waals surface area contributed by atoms with Gasteiger partial charge in [0.15, 0.2) is 0 Å². The van der Waals surface area contributed by atoms with Gasteiger partial charge in [-0.2, -0.15) is 0 Å². The molecule has 1 atom stereocenters. The van der Waals surface area contributed by atoms with Gasteiger partial charge >= 0.3 is 12.1 Å². The van der Waals surface area contributed by atoms with Crippen LogP contribution < -0.4 is 5.32 Å². The van der Waals surface area contributed by atoms with E-state index in [4.69, 9.17) is 4.74 Å². The Kier molecular flexibility index (Phi) is 6.40. The molecule has 4 rings (SSSR count). The number of carbonyl (C=O) groups is 3. The van der Waals surface area contributed by atoms with Crippen molar-refractivity contribution in [3.63, 3.8) is 0 Å². The van der Waals surface area contributed by atoms with Gasteiger partial charge in [0.05, 0.1) is 0 Å². The van der Waals surface area contributed by atoms with Crippen LogP contribution in [0.3, 0.4) is 0 Å². The molecule has 0 radical (unpaired) electrons. The average Bonchev–Trinajstić information content (AvgIpc) is 3.40. The zero-order valence-electron chi connectivity index (χ0n) is 19.0. The third-order valence-electron chi connectivity index (χ3n) is 6.54. The van der Waals surface area contributed by atoms with E-state index in [0.717, 1.165) is 11.1 Å². The topological polar surface area (TPSA) is 95.9 Å². The fourth-order valence-corrected chi connectivity index (χ4v) is 4.86. The lowest BCUT2D eigenvalue weighted by molar-refractivity contribution is -0.149. The van der Waals surface area contributed by atoms with Gasteiger partial charge < -0.3 is 20.1 Å². The number of rotatable bonds is 7. The molecule has 2 aromatic rings. The molecular formula is C26H30N2O5. The molecule has 0 saturated carbocycles. The molecular weight excluding hydrogens is 420 g/mol. The van der Waals surface area contributed by atoms with E-state index < -0.39 is 23.5 Å². The van der Waals surface area contributed by atoms with E-state index in [1.165, 1.54) is 16.0 Å². The van der Waals surface area contributed by atoms with Gasteiger partial charge in [-0.3, -0.25) is 4.79 Å². The molecule has 0 bridgehead atoms. The Hall–Kier alpha value is -3.35. The lowest BCUT2D eigenvalue weighted by Gasteiger charge is -2.29. The Labute approximate surface area is 193 Å². The SMILES string of the molecule is CC(C)(CNC(=O)OCC1c2ccccc2-c2ccccc21)CC(=O)N1CCC[C@@H]1C(=O)O. The molecule has 0 unspecified atom stereocenters. The molecule has 174 valence electrons. The molecule has 33 heavy (non-hydrogen) atoms. The highest BCUT2D eigenvalue weighted by atomic mass is 16.5. The number of benzene rings is 2. The molecule has 2 amide bonds. The van der Waals surface area contributed by atoms with E-state index >= 15 is 0 Å². The highest BCUT2D eigenvalue weighted by molar-refractivity contribution is 5.84. The highest BCUT2D eigenvalue weighted by Gasteiger charge is 2.36. The first kappa shape index (κ1) is 22.8. The predicted molar refractivity (Wildman–Crippen MR) is 124 cm³/mol. The van der Waals surface area contributed by atoms with E-state index in [1.54, 1.807) is 0 Å². The van der Waals surface area contributed by atoms with Crippen LogP contribution >= 0.6 is 0 Å². The molecule has 2 aliphatic rings. The highest BCUT2D eigenvalue weighted by Crippen LogP contribution is 2.44. The van der Waals surface area contributed by atoms with Crippen molar-refractivity contribution in [3.05, 3.63) is 59.7 Å². The van der Waals surface area contributed by atoms with E-state index in [1.807, 2.05) is 38.1 Å². The van der Waals surface area contributed by atoms with Gasteiger partial charge in [-0.15, -0.1) is 0 Å². The van der Waals surface area contributed by atoms with Crippen LogP contribution in [0.1, 0.15) is 50.2 Å². The van der Waals surface area contributed by atoms with Crippen LogP contribution in [0.2, 0.25) is 0 Å². The van der Waals surface area contributed by atoms with E-state index in [2.05, 4.69) is 29.6 Å². The minimum Gasteiger partial charge on any atom is -0.480 e. The molecule has 1 fully saturated rings. The van der Waals surface area contributed by atoms with Crippen LogP contribution in [0.25, 0.3) is 11.1 Å². The lowest BCUT2D eigenvalue weighted by Crippen LogP contribution is -2.44. The molecule has 7 nitrogen and oxygen atoms in total. The Morgan fingerprint density at radius 2 is 1.67 bits per heavy atom. The molecule has 1 aliphatic carbocycles. The summed E-state index contributed by atoms with van der Waals surface area (Å²) in [7, 11) is 0. The van der Waals surface area contributed by atoms with Crippen LogP contribution in [0.15, 0.2) is 48.5 Å². The number of carboxylic acid groups (broad SMARTS) is 1. The Bertz CT molecular complexity index is 1020. The van der Waals surface area contributed by atoms with Crippen molar-refractivity contribution in [2.75, 3.05) is 19.7 Å². The average molecular weight is 451 g/mol. The minimum absolute atomic E-state index is 0.0131. The summed E-state index contributed by atoms with van der Waals surface area (Å²) in [6.45, 7) is 4.70. The number of hydrogen-bond acceptors (Lipinski definition) is 4. The number of nitrogens with one attached hydrogen (secondary N) is 1. The molecule has 0 aromatic heterocycles. The minimum atomic E-state index is -0.963. The van der Waals surface area contributed by atoms with Crippen molar-refractivity contribution in [1.82, 2.24) is 10.2 Å². The first-order chi connectivity index (χ1) is 15.8. The van der Waals surface area contributed by atoms with Crippen molar-refractivity contribution < 1.29 is 24.2 Å². The van der Waals surface area contributed by atoms with Crippen molar-refractivity contribution in [2.24, 2.45) is 5.41 Å². The zero-order valence-corrected chi connectivity index (χ0v) is 19.0. The fraction of sp³-hybridized carbons (Fsp3) is 0.423. The maximum Gasteiger partial charge on any atom is 0.407 e. The van der Waals surface area contributed by atoms with Gasteiger partial charge in [-0.05, 0) is 40.5 Å². The summed E-state index contributed by atoms with van der Waals surface area (Å²) >= 11 is 0. The lowest BCUT2D eigenvalue weighted by atomic mass is 9.88. The summed E-state index contributed by atoms with van der Waals surface area (Å²) in [5.74, 6) is -1.17. The standard InChI is InChI=1S/C26H30N2O5/c1-26(2,14-23(29)28-13-7-12-22(28)24(30)31)16-27-25(32)33-15-21-19-10-5-3-8-17(19)18-9-4-6-11-20(18)21/h3-6,8-11,21-22H,7,12-16H2,1-2H3,(H,27,32)(H,30,31)/t22-/m1/s1. The summed E-state index contributed by atoms with van der Waals surface area (Å²) < 4.78 is 5.57. The summed E-state index contributed by atoms with van der Waals surface area (Å²) in [4.78, 5) is 37.9. The number of carbonyl (C=O) groups excluding carboxylic acids is 2. The van der Waals surface area contributed by atoms with Crippen LogP contribution in [-0.2, 0) is 14.3 Å². The molecule has 1 aliphatic heterocycles. The number of hydrogen-bond donors (Lipinski definition) is 2. The van der Waals surface area contributed by atoms with Gasteiger partial charge in [0.2, 0.25) is 5.91 Å². The quantitative estimate of drug-likeness (QED) is 0.664. The second-order valence-corrected chi connectivity index (χ2v) is 9.60. The third kappa shape index (κ3) is 4.87. The molecule has 7 heteroatoms. The van der Waals surface area contributed by atoms with Gasteiger partial charge in [0, 0.05) is 25.4 Å². The predicted octanol–water partition coefficient (Wildman–Crippen LogP) is 4.02. The number of likely N-dealkylation sites (tertiary alicyclic amines) is 1. The van der Waals surface area contributed by atoms with E-state index in [9.17, 15) is 19.5 Å². The number of nitrogens with zero attached hydrogens (tertiary/aromatic N) is 1. The third-order valence-corrected chi connectivity index (χ3v) is 6.54. The number of fused-ring (bicyclic) bond motifs is 3. The molecule has 2 aromatic carbocycles. The largest absolute Gasteiger partial charge is 0.480 e. The smallest absolute Gasteiger partial charge is 0.407 e. The monoisotopic (exact) mass is 450 g/mol. The van der Waals surface area contributed by atoms with Crippen LogP contribution in [0.4, 0.5) is 4.79 Å². The van der Waals surface area contributed by atoms with E-state index in [0.29, 0.717) is 19.4 Å². The fourth-order valence-electron chi connectivity index (χ4n) is 4.86. The van der Waals surface area contributed by atoms with Crippen molar-refractivity contribution in [3.8, 4) is 11.1 Å². The van der Waals surface area contributed by atoms with Gasteiger partial charge in [0.25, 0.3) is 0 Å². The zero-order chi connectivity index (χ0) is 23.6. The van der Waals surface area contributed by atoms with E-state index in [-0.39, 0.29) is 31.4 Å². The second kappa shape index (κ2) is 9.25. The summed E-state index contributed by atoms with van der Waals surface area (Å²) in [5.41, 5.74) is 4.10. The second-order valence-electron chi connectivity index (χ2n) is 9.60. The summed E-state index contributed by atoms with van der Waals surface area (Å²) in [6.07, 6.45) is 0.808. The maximum atomic E-state index is 12.7. The number of ether oxygens (including phenoxy) is 1. The van der Waals surface area contributed by atoms with Crippen LogP contribution in [0, 0.1) is 5.41 Å². The van der Waals surface area contributed by atoms with Crippen molar-refractivity contribution in [1.29, 1.82) is 0 Å². The number of aliphatic carboxylic acids is 1. The molecule has 1 heterocycles. The Balaban J connectivity index is 1.31. The Morgan fingerprint density at radius 3 is 2.27 bits per heavy atom. The Morgan fingerprint density at radius 1 is 1.06 bits per heavy atom. The van der Waals surface area contributed by atoms with Crippen molar-refractivity contribution in [2.45, 2.75) is 45.1 Å². The van der Waals surface area contributed by atoms with Crippen molar-refractivity contribution >= 4 is 18.0 Å². The number of carboxylic acids is 1. The van der Waals surface area contributed by atoms with Crippen LogP contribution in [0.5, 0.6) is 0 Å². The van der Waals surface area contributed by atoms with Gasteiger partial charge in [-0.25, -0.2) is 9.59 Å². The summed E-state index contributed by atoms with van der Waals surface area (Å²) in [5, 5.41) is 12.1. The van der Waals surface area contributed by atoms with Gasteiger partial charge in [-0.1, -0.05) is 62.4 Å². The van der Waals surface area contributed by atoms with Gasteiger partial charge in [0.1, 0.15) is 12.6 Å². The normalized spacial score (nSPS) is 17.4. The van der Waals surface area contributed by atoms with Crippen LogP contribution in [-0.4, -0.2) is 53.7 Å². The first-order valence-electron chi connectivity index (χ1n) is 11.4. The number of amides is 2. The maximum absolute atomic E-state index is 12.7. The molecule has 2 N–H and O–H groups in total. The molecule has 0 spiro atoms. The summed E-state index contributed by atoms with van der Waals surface area (Å²) in [6, 6.07) is 15.6. The number of alkyl carbamates (subject to hydrolysis) is 1. The first-order valence-corrected chi connectivity index (χ1v) is 11.4.